The molecule has 4 heteroatoms. The third kappa shape index (κ3) is 2.01. The minimum atomic E-state index is 0.0362. The molecular weight excluding hydrogens is 224 g/mol. The van der Waals surface area contributed by atoms with Gasteiger partial charge in [0, 0.05) is 11.8 Å². The van der Waals surface area contributed by atoms with Crippen LogP contribution < -0.4 is 11.1 Å². The summed E-state index contributed by atoms with van der Waals surface area (Å²) in [6, 6.07) is 12.4. The molecule has 1 aliphatic carbocycles. The average Bonchev–Trinajstić information content (AvgIpc) is 3.10. The Hall–Kier alpha value is -2.10. The second-order valence-electron chi connectivity index (χ2n) is 4.83. The van der Waals surface area contributed by atoms with Crippen LogP contribution in [0, 0.1) is 6.92 Å². The third-order valence-corrected chi connectivity index (χ3v) is 3.32. The number of anilines is 2. The Labute approximate surface area is 106 Å². The molecule has 3 N–H and O–H groups in total. The number of hydrogen-bond donors (Lipinski definition) is 2. The van der Waals surface area contributed by atoms with Gasteiger partial charge in [0.15, 0.2) is 0 Å². The van der Waals surface area contributed by atoms with Crippen molar-refractivity contribution in [3.05, 3.63) is 47.7 Å². The molecule has 1 aromatic heterocycles. The van der Waals surface area contributed by atoms with Crippen LogP contribution in [0.15, 0.2) is 36.4 Å². The topological polar surface area (TPSA) is 63.8 Å². The molecule has 4 nitrogen and oxygen atoms in total. The van der Waals surface area contributed by atoms with Crippen LogP contribution >= 0.6 is 0 Å². The Morgan fingerprint density at radius 1 is 1.17 bits per heavy atom. The van der Waals surface area contributed by atoms with Crippen LogP contribution in [0.3, 0.4) is 0 Å². The van der Waals surface area contributed by atoms with Crippen LogP contribution in [0.25, 0.3) is 0 Å². The largest absolute Gasteiger partial charge is 0.368 e. The summed E-state index contributed by atoms with van der Waals surface area (Å²) in [7, 11) is 0. The number of nitrogen functional groups attached to an aromatic ring is 1. The molecular formula is C14H16N4. The van der Waals surface area contributed by atoms with Gasteiger partial charge < -0.3 is 11.1 Å². The Kier molecular flexibility index (Phi) is 2.44. The van der Waals surface area contributed by atoms with E-state index in [4.69, 9.17) is 5.73 Å². The lowest BCUT2D eigenvalue weighted by atomic mass is 10.1. The first kappa shape index (κ1) is 11.0. The summed E-state index contributed by atoms with van der Waals surface area (Å²) < 4.78 is 0. The Morgan fingerprint density at radius 2 is 1.89 bits per heavy atom. The highest BCUT2D eigenvalue weighted by molar-refractivity contribution is 5.48. The van der Waals surface area contributed by atoms with Crippen molar-refractivity contribution in [2.75, 3.05) is 11.1 Å². The van der Waals surface area contributed by atoms with Gasteiger partial charge in [-0.1, -0.05) is 30.3 Å². The Bertz CT molecular complexity index is 541. The van der Waals surface area contributed by atoms with Gasteiger partial charge in [-0.15, -0.1) is 0 Å². The van der Waals surface area contributed by atoms with Crippen molar-refractivity contribution in [3.8, 4) is 0 Å². The predicted octanol–water partition coefficient (Wildman–Crippen LogP) is 2.47. The summed E-state index contributed by atoms with van der Waals surface area (Å²) in [5.74, 6) is 1.13. The first-order valence-corrected chi connectivity index (χ1v) is 6.13. The van der Waals surface area contributed by atoms with Gasteiger partial charge in [0.05, 0.1) is 5.54 Å². The molecule has 1 saturated carbocycles. The van der Waals surface area contributed by atoms with Crippen LogP contribution in [0.5, 0.6) is 0 Å². The minimum absolute atomic E-state index is 0.0362. The first-order valence-electron chi connectivity index (χ1n) is 6.13. The molecule has 0 aliphatic heterocycles. The summed E-state index contributed by atoms with van der Waals surface area (Å²) in [5.41, 5.74) is 7.90. The van der Waals surface area contributed by atoms with Crippen LogP contribution in [0.2, 0.25) is 0 Å². The van der Waals surface area contributed by atoms with Crippen LogP contribution in [0.1, 0.15) is 24.1 Å². The number of nitrogens with zero attached hydrogens (tertiary/aromatic N) is 2. The van der Waals surface area contributed by atoms with Gasteiger partial charge in [0.25, 0.3) is 0 Å². The molecule has 1 aromatic carbocycles. The lowest BCUT2D eigenvalue weighted by Crippen LogP contribution is -2.20. The van der Waals surface area contributed by atoms with E-state index in [9.17, 15) is 0 Å². The fraction of sp³-hybridized carbons (Fsp3) is 0.286. The lowest BCUT2D eigenvalue weighted by molar-refractivity contribution is 0.799. The number of aromatic nitrogens is 2. The highest BCUT2D eigenvalue weighted by Crippen LogP contribution is 2.47. The molecule has 0 spiro atoms. The van der Waals surface area contributed by atoms with Gasteiger partial charge in [0.1, 0.15) is 5.82 Å². The van der Waals surface area contributed by atoms with Crippen molar-refractivity contribution < 1.29 is 0 Å². The maximum Gasteiger partial charge on any atom is 0.222 e. The second-order valence-corrected chi connectivity index (χ2v) is 4.83. The quantitative estimate of drug-likeness (QED) is 0.865. The highest BCUT2D eigenvalue weighted by atomic mass is 15.1. The van der Waals surface area contributed by atoms with Crippen LogP contribution in [-0.2, 0) is 5.54 Å². The number of benzene rings is 1. The van der Waals surface area contributed by atoms with Crippen LogP contribution in [-0.4, -0.2) is 9.97 Å². The zero-order chi connectivity index (χ0) is 12.6. The third-order valence-electron chi connectivity index (χ3n) is 3.32. The molecule has 92 valence electrons. The number of nitrogens with one attached hydrogen (secondary N) is 1. The zero-order valence-corrected chi connectivity index (χ0v) is 10.4. The number of aryl methyl sites for hydroxylation is 1. The average molecular weight is 240 g/mol. The molecule has 0 atom stereocenters. The van der Waals surface area contributed by atoms with Gasteiger partial charge in [-0.25, -0.2) is 4.98 Å². The monoisotopic (exact) mass is 240 g/mol. The van der Waals surface area contributed by atoms with E-state index in [1.807, 2.05) is 19.1 Å². The maximum absolute atomic E-state index is 5.68. The smallest absolute Gasteiger partial charge is 0.222 e. The molecule has 3 rings (SSSR count). The van der Waals surface area contributed by atoms with E-state index in [2.05, 4.69) is 39.6 Å². The molecule has 2 aromatic rings. The van der Waals surface area contributed by atoms with Crippen molar-refractivity contribution in [2.45, 2.75) is 25.3 Å². The number of hydrogen-bond acceptors (Lipinski definition) is 4. The van der Waals surface area contributed by atoms with Gasteiger partial charge in [-0.05, 0) is 25.3 Å². The van der Waals surface area contributed by atoms with Gasteiger partial charge >= 0.3 is 0 Å². The molecule has 18 heavy (non-hydrogen) atoms. The predicted molar refractivity (Wildman–Crippen MR) is 72.2 cm³/mol. The van der Waals surface area contributed by atoms with E-state index >= 15 is 0 Å². The minimum Gasteiger partial charge on any atom is -0.368 e. The summed E-state index contributed by atoms with van der Waals surface area (Å²) >= 11 is 0. The maximum atomic E-state index is 5.68. The van der Waals surface area contributed by atoms with E-state index in [1.165, 1.54) is 5.56 Å². The fourth-order valence-corrected chi connectivity index (χ4v) is 2.27. The van der Waals surface area contributed by atoms with E-state index in [1.54, 1.807) is 0 Å². The normalized spacial score (nSPS) is 16.3. The molecule has 1 heterocycles. The first-order chi connectivity index (χ1) is 8.68. The Balaban J connectivity index is 1.88. The molecule has 1 aliphatic rings. The summed E-state index contributed by atoms with van der Waals surface area (Å²) in [4.78, 5) is 8.32. The zero-order valence-electron chi connectivity index (χ0n) is 10.4. The van der Waals surface area contributed by atoms with E-state index < -0.39 is 0 Å². The van der Waals surface area contributed by atoms with Crippen molar-refractivity contribution in [1.29, 1.82) is 0 Å². The van der Waals surface area contributed by atoms with Gasteiger partial charge in [0.2, 0.25) is 5.95 Å². The van der Waals surface area contributed by atoms with E-state index in [-0.39, 0.29) is 5.54 Å². The summed E-state index contributed by atoms with van der Waals surface area (Å²) in [6.07, 6.45) is 2.25. The lowest BCUT2D eigenvalue weighted by Gasteiger charge is -2.18. The van der Waals surface area contributed by atoms with E-state index in [0.29, 0.717) is 5.95 Å². The second kappa shape index (κ2) is 3.98. The highest BCUT2D eigenvalue weighted by Gasteiger charge is 2.44. The summed E-state index contributed by atoms with van der Waals surface area (Å²) in [6.45, 7) is 1.92. The van der Waals surface area contributed by atoms with Gasteiger partial charge in [-0.3, -0.25) is 0 Å². The van der Waals surface area contributed by atoms with Gasteiger partial charge in [-0.2, -0.15) is 4.98 Å². The summed E-state index contributed by atoms with van der Waals surface area (Å²) in [5, 5.41) is 3.50. The molecule has 0 bridgehead atoms. The number of nitrogens with two attached hydrogens (primary N) is 1. The molecule has 0 amide bonds. The molecule has 1 fully saturated rings. The molecule has 0 radical (unpaired) electrons. The van der Waals surface area contributed by atoms with Crippen molar-refractivity contribution in [2.24, 2.45) is 0 Å². The molecule has 0 unspecified atom stereocenters. The van der Waals surface area contributed by atoms with Crippen LogP contribution in [0.4, 0.5) is 11.8 Å². The van der Waals surface area contributed by atoms with Crippen molar-refractivity contribution in [1.82, 2.24) is 9.97 Å². The molecule has 0 saturated heterocycles. The fourth-order valence-electron chi connectivity index (χ4n) is 2.27. The number of rotatable bonds is 3. The standard InChI is InChI=1S/C14H16N4/c1-10-9-12(17-13(15)16-10)18-14(7-8-14)11-5-3-2-4-6-11/h2-6,9H,7-8H2,1H3,(H3,15,16,17,18). The Morgan fingerprint density at radius 3 is 2.50 bits per heavy atom. The van der Waals surface area contributed by atoms with Crippen molar-refractivity contribution in [3.63, 3.8) is 0 Å². The SMILES string of the molecule is Cc1cc(NC2(c3ccccc3)CC2)nc(N)n1. The van der Waals surface area contributed by atoms with E-state index in [0.717, 1.165) is 24.4 Å². The van der Waals surface area contributed by atoms with Crippen molar-refractivity contribution >= 4 is 11.8 Å².